The van der Waals surface area contributed by atoms with Gasteiger partial charge in [0, 0.05) is 5.56 Å². The summed E-state index contributed by atoms with van der Waals surface area (Å²) in [6.07, 6.45) is 12.4. The van der Waals surface area contributed by atoms with E-state index >= 15 is 0 Å². The van der Waals surface area contributed by atoms with Gasteiger partial charge in [-0.3, -0.25) is 9.11 Å². The van der Waals surface area contributed by atoms with Gasteiger partial charge in [0.2, 0.25) is 0 Å². The lowest BCUT2D eigenvalue weighted by Crippen LogP contribution is -2.42. The fraction of sp³-hybridized carbons (Fsp3) is 0.667. The molecular formula is C36H56O10S2. The van der Waals surface area contributed by atoms with Crippen LogP contribution < -0.4 is 8.37 Å². The molecule has 48 heavy (non-hydrogen) atoms. The number of aliphatic hydroxyl groups is 2. The summed E-state index contributed by atoms with van der Waals surface area (Å²) in [7, 11) is -9.71. The van der Waals surface area contributed by atoms with Crippen LogP contribution in [-0.2, 0) is 27.2 Å². The fourth-order valence-corrected chi connectivity index (χ4v) is 8.37. The molecule has 0 aromatic heterocycles. The molecule has 12 heteroatoms. The fourth-order valence-electron chi connectivity index (χ4n) is 7.63. The molecule has 1 aromatic rings. The first kappa shape index (κ1) is 40.2. The summed E-state index contributed by atoms with van der Waals surface area (Å²) in [5.74, 6) is -0.225. The lowest BCUT2D eigenvalue weighted by molar-refractivity contribution is -0.0733. The summed E-state index contributed by atoms with van der Waals surface area (Å²) in [5, 5.41) is 22.4. The maximum Gasteiger partial charge on any atom is 0.446 e. The standard InChI is InChI=1S/C36H56O10S2/c1-25(2)11-8-12-26(3)13-9-21-36(7,38)33(37)19-22-34(5)20-10-14-31-30(34)17-15-27(4)35(31,6)24-28-23-29(45-47(39,40)41)16-18-32(28)46-48(42,43)44/h11,13,16,18,23,27,33,37-38H,8-10,12,14-15,17,19-22,24H2,1-7H3,(H,39,40,41)(H,42,43,44)/b26-13+/t27?,33?,34-,35?,36?/m0/s1. The van der Waals surface area contributed by atoms with Crippen LogP contribution in [0.1, 0.15) is 125 Å². The normalized spacial score (nSPS) is 25.6. The Labute approximate surface area is 288 Å². The van der Waals surface area contributed by atoms with Crippen molar-refractivity contribution in [1.29, 1.82) is 0 Å². The third kappa shape index (κ3) is 11.1. The summed E-state index contributed by atoms with van der Waals surface area (Å²) in [4.78, 5) is 0. The minimum atomic E-state index is -4.88. The van der Waals surface area contributed by atoms with Crippen molar-refractivity contribution in [2.24, 2.45) is 16.7 Å². The molecule has 0 radical (unpaired) electrons. The summed E-state index contributed by atoms with van der Waals surface area (Å²) < 4.78 is 74.4. The molecule has 2 aliphatic carbocycles. The minimum Gasteiger partial charge on any atom is -0.390 e. The molecule has 1 aromatic carbocycles. The molecule has 3 rings (SSSR count). The zero-order valence-electron chi connectivity index (χ0n) is 29.6. The quantitative estimate of drug-likeness (QED) is 0.0978. The molecular weight excluding hydrogens is 657 g/mol. The van der Waals surface area contributed by atoms with Crippen molar-refractivity contribution in [3.8, 4) is 11.5 Å². The van der Waals surface area contributed by atoms with Crippen molar-refractivity contribution in [3.63, 3.8) is 0 Å². The number of aliphatic hydroxyl groups excluding tert-OH is 1. The number of rotatable bonds is 16. The molecule has 0 heterocycles. The molecule has 10 nitrogen and oxygen atoms in total. The van der Waals surface area contributed by atoms with Crippen LogP contribution in [0.4, 0.5) is 0 Å². The molecule has 4 N–H and O–H groups in total. The van der Waals surface area contributed by atoms with Crippen LogP contribution in [0.5, 0.6) is 11.5 Å². The van der Waals surface area contributed by atoms with E-state index in [1.165, 1.54) is 34.4 Å². The lowest BCUT2D eigenvalue weighted by atomic mass is 9.54. The Morgan fingerprint density at radius 2 is 1.69 bits per heavy atom. The van der Waals surface area contributed by atoms with Gasteiger partial charge in [-0.1, -0.05) is 55.2 Å². The van der Waals surface area contributed by atoms with Crippen LogP contribution in [0.3, 0.4) is 0 Å². The minimum absolute atomic E-state index is 0.160. The first-order valence-corrected chi connectivity index (χ1v) is 19.7. The van der Waals surface area contributed by atoms with E-state index in [1.807, 2.05) is 0 Å². The third-order valence-electron chi connectivity index (χ3n) is 10.8. The second kappa shape index (κ2) is 15.8. The van der Waals surface area contributed by atoms with Gasteiger partial charge in [0.25, 0.3) is 0 Å². The molecule has 0 spiro atoms. The Morgan fingerprint density at radius 1 is 1.02 bits per heavy atom. The van der Waals surface area contributed by atoms with Gasteiger partial charge in [-0.2, -0.15) is 16.8 Å². The van der Waals surface area contributed by atoms with Crippen LogP contribution >= 0.6 is 0 Å². The van der Waals surface area contributed by atoms with Gasteiger partial charge in [0.05, 0.1) is 11.7 Å². The highest BCUT2D eigenvalue weighted by molar-refractivity contribution is 7.81. The van der Waals surface area contributed by atoms with Crippen LogP contribution in [-0.4, -0.2) is 47.9 Å². The van der Waals surface area contributed by atoms with Gasteiger partial charge in [0.1, 0.15) is 11.5 Å². The van der Waals surface area contributed by atoms with Crippen molar-refractivity contribution < 1.29 is 44.5 Å². The highest BCUT2D eigenvalue weighted by Crippen LogP contribution is 2.58. The van der Waals surface area contributed by atoms with Gasteiger partial charge in [-0.15, -0.1) is 0 Å². The predicted octanol–water partition coefficient (Wildman–Crippen LogP) is 7.88. The third-order valence-corrected chi connectivity index (χ3v) is 11.6. The SMILES string of the molecule is CC(C)=CCC/C(C)=C/CCC(C)(O)C(O)CC[C@]1(C)CCCC2=C1CCC(C)C2(C)Cc1cc(OS(=O)(=O)O)ccc1OS(=O)(=O)O. The van der Waals surface area contributed by atoms with Gasteiger partial charge >= 0.3 is 20.8 Å². The van der Waals surface area contributed by atoms with E-state index in [0.29, 0.717) is 31.2 Å². The van der Waals surface area contributed by atoms with E-state index in [-0.39, 0.29) is 29.3 Å². The lowest BCUT2D eigenvalue weighted by Gasteiger charge is -2.51. The highest BCUT2D eigenvalue weighted by Gasteiger charge is 2.46. The molecule has 4 unspecified atom stereocenters. The van der Waals surface area contributed by atoms with E-state index in [0.717, 1.165) is 51.0 Å². The molecule has 0 saturated heterocycles. The van der Waals surface area contributed by atoms with Gasteiger partial charge in [-0.05, 0) is 140 Å². The molecule has 0 amide bonds. The number of allylic oxidation sites excluding steroid dienone is 6. The van der Waals surface area contributed by atoms with Crippen LogP contribution in [0.25, 0.3) is 0 Å². The second-order valence-corrected chi connectivity index (χ2v) is 17.1. The van der Waals surface area contributed by atoms with Crippen molar-refractivity contribution >= 4 is 20.8 Å². The van der Waals surface area contributed by atoms with Crippen molar-refractivity contribution in [3.05, 3.63) is 58.2 Å². The van der Waals surface area contributed by atoms with E-state index in [9.17, 15) is 36.2 Å². The molecule has 0 aliphatic heterocycles. The van der Waals surface area contributed by atoms with Crippen molar-refractivity contribution in [1.82, 2.24) is 0 Å². The van der Waals surface area contributed by atoms with E-state index < -0.39 is 37.9 Å². The van der Waals surface area contributed by atoms with Gasteiger partial charge in [0.15, 0.2) is 0 Å². The Morgan fingerprint density at radius 3 is 2.31 bits per heavy atom. The molecule has 0 saturated carbocycles. The first-order valence-electron chi connectivity index (χ1n) is 16.9. The summed E-state index contributed by atoms with van der Waals surface area (Å²) in [6.45, 7) is 14.5. The average molecular weight is 713 g/mol. The van der Waals surface area contributed by atoms with E-state index in [4.69, 9.17) is 4.18 Å². The molecule has 0 bridgehead atoms. The van der Waals surface area contributed by atoms with Crippen LogP contribution in [0.15, 0.2) is 52.6 Å². The summed E-state index contributed by atoms with van der Waals surface area (Å²) in [5.41, 5.74) is 3.53. The Hall–Kier alpha value is -2.22. The topological polar surface area (TPSA) is 168 Å². The van der Waals surface area contributed by atoms with Crippen molar-refractivity contribution in [2.45, 2.75) is 137 Å². The number of hydrogen-bond donors (Lipinski definition) is 4. The van der Waals surface area contributed by atoms with Gasteiger partial charge < -0.3 is 18.6 Å². The largest absolute Gasteiger partial charge is 0.446 e. The first-order chi connectivity index (χ1) is 22.0. The van der Waals surface area contributed by atoms with Crippen molar-refractivity contribution in [2.75, 3.05) is 0 Å². The van der Waals surface area contributed by atoms with Crippen LogP contribution in [0.2, 0.25) is 0 Å². The maximum absolute atomic E-state index is 11.7. The average Bonchev–Trinajstić information content (AvgIpc) is 2.94. The van der Waals surface area contributed by atoms with E-state index in [1.54, 1.807) is 6.92 Å². The van der Waals surface area contributed by atoms with Gasteiger partial charge in [-0.25, -0.2) is 0 Å². The molecule has 272 valence electrons. The smallest absolute Gasteiger partial charge is 0.390 e. The summed E-state index contributed by atoms with van der Waals surface area (Å²) >= 11 is 0. The van der Waals surface area contributed by atoms with Crippen LogP contribution in [0, 0.1) is 16.7 Å². The zero-order chi connectivity index (χ0) is 36.1. The Bertz CT molecular complexity index is 1600. The number of benzene rings is 1. The predicted molar refractivity (Wildman–Crippen MR) is 188 cm³/mol. The molecule has 2 aliphatic rings. The molecule has 5 atom stereocenters. The van der Waals surface area contributed by atoms with E-state index in [2.05, 4.69) is 57.9 Å². The zero-order valence-corrected chi connectivity index (χ0v) is 31.2. The Kier molecular flexibility index (Phi) is 13.2. The monoisotopic (exact) mass is 712 g/mol. The maximum atomic E-state index is 11.7. The highest BCUT2D eigenvalue weighted by atomic mass is 32.3. The Balaban J connectivity index is 1.84. The number of hydrogen-bond acceptors (Lipinski definition) is 8. The second-order valence-electron chi connectivity index (χ2n) is 15.0. The molecule has 0 fully saturated rings. The summed E-state index contributed by atoms with van der Waals surface area (Å²) in [6, 6.07) is 3.63.